The van der Waals surface area contributed by atoms with E-state index >= 15 is 0 Å². The average Bonchev–Trinajstić information content (AvgIpc) is 3.80. The Morgan fingerprint density at radius 2 is 0.923 bits per heavy atom. The molecule has 1 unspecified atom stereocenters. The molecule has 1 heterocycles. The van der Waals surface area contributed by atoms with Gasteiger partial charge in [0.15, 0.2) is 0 Å². The minimum atomic E-state index is -0.441. The SMILES string of the molecule is Brc1ccc2c(c1)C1(c3ccccc3-2)c2ccccc2-c2ccc(N(c3ccccc3)c3ccc4c5ccccc5n(-c5ccccc5)c4c3)cc21. The van der Waals surface area contributed by atoms with Crippen LogP contribution in [0.25, 0.3) is 49.7 Å². The molecule has 8 aromatic carbocycles. The van der Waals surface area contributed by atoms with E-state index in [1.54, 1.807) is 0 Å². The highest BCUT2D eigenvalue weighted by atomic mass is 79.9. The number of fused-ring (bicyclic) bond motifs is 13. The molecule has 0 radical (unpaired) electrons. The summed E-state index contributed by atoms with van der Waals surface area (Å²) < 4.78 is 3.49. The van der Waals surface area contributed by atoms with Crippen molar-refractivity contribution < 1.29 is 0 Å². The molecule has 0 N–H and O–H groups in total. The van der Waals surface area contributed by atoms with Crippen LogP contribution >= 0.6 is 15.9 Å². The Bertz CT molecular complexity index is 2860. The lowest BCUT2D eigenvalue weighted by molar-refractivity contribution is 0.793. The molecule has 52 heavy (non-hydrogen) atoms. The normalized spacial score (nSPS) is 15.1. The topological polar surface area (TPSA) is 8.17 Å². The molecular weight excluding hydrogens is 696 g/mol. The summed E-state index contributed by atoms with van der Waals surface area (Å²) >= 11 is 3.86. The van der Waals surface area contributed by atoms with Crippen LogP contribution in [0.1, 0.15) is 22.3 Å². The van der Waals surface area contributed by atoms with E-state index in [1.165, 1.54) is 66.3 Å². The molecule has 1 aromatic heterocycles. The van der Waals surface area contributed by atoms with E-state index in [4.69, 9.17) is 0 Å². The number of anilines is 3. The van der Waals surface area contributed by atoms with Crippen LogP contribution in [0.2, 0.25) is 0 Å². The maximum atomic E-state index is 3.86. The second-order valence-electron chi connectivity index (χ2n) is 13.8. The third kappa shape index (κ3) is 4.00. The summed E-state index contributed by atoms with van der Waals surface area (Å²) in [6.07, 6.45) is 0. The second kappa shape index (κ2) is 11.2. The number of rotatable bonds is 4. The van der Waals surface area contributed by atoms with Crippen LogP contribution in [0.15, 0.2) is 193 Å². The second-order valence-corrected chi connectivity index (χ2v) is 14.7. The molecular formula is C49H31BrN2. The summed E-state index contributed by atoms with van der Waals surface area (Å²) in [4.78, 5) is 2.42. The Morgan fingerprint density at radius 3 is 1.67 bits per heavy atom. The molecule has 0 bridgehead atoms. The van der Waals surface area contributed by atoms with Crippen LogP contribution < -0.4 is 4.90 Å². The molecule has 0 amide bonds. The highest BCUT2D eigenvalue weighted by molar-refractivity contribution is 9.10. The summed E-state index contributed by atoms with van der Waals surface area (Å²) in [6.45, 7) is 0. The number of halogens is 1. The Balaban J connectivity index is 1.19. The van der Waals surface area contributed by atoms with E-state index in [1.807, 2.05) is 0 Å². The molecule has 2 aliphatic carbocycles. The lowest BCUT2D eigenvalue weighted by Gasteiger charge is -2.32. The Hall–Kier alpha value is -6.16. The number of benzene rings is 8. The first-order valence-electron chi connectivity index (χ1n) is 17.8. The zero-order valence-electron chi connectivity index (χ0n) is 28.2. The number of hydrogen-bond donors (Lipinski definition) is 0. The molecule has 0 aliphatic heterocycles. The van der Waals surface area contributed by atoms with Gasteiger partial charge in [-0.2, -0.15) is 0 Å². The van der Waals surface area contributed by atoms with Crippen LogP contribution in [0.4, 0.5) is 17.1 Å². The number of aromatic nitrogens is 1. The first-order chi connectivity index (χ1) is 25.7. The third-order valence-corrected chi connectivity index (χ3v) is 11.7. The minimum absolute atomic E-state index is 0.441. The lowest BCUT2D eigenvalue weighted by atomic mass is 9.70. The zero-order chi connectivity index (χ0) is 34.4. The van der Waals surface area contributed by atoms with Gasteiger partial charge >= 0.3 is 0 Å². The van der Waals surface area contributed by atoms with Gasteiger partial charge in [0.2, 0.25) is 0 Å². The number of para-hydroxylation sites is 3. The quantitative estimate of drug-likeness (QED) is 0.175. The smallest absolute Gasteiger partial charge is 0.0726 e. The standard InChI is InChI=1S/C49H31BrN2/c50-32-23-26-39-37-17-7-10-20-43(37)49(45(39)29-32)44-21-11-8-18-38(44)40-27-24-35(30-46(40)49)51(33-13-3-1-4-14-33)36-25-28-42-41-19-9-12-22-47(41)52(48(42)31-36)34-15-5-2-6-16-34/h1-31H. The summed E-state index contributed by atoms with van der Waals surface area (Å²) in [5.41, 5.74) is 16.9. The van der Waals surface area contributed by atoms with Gasteiger partial charge < -0.3 is 9.47 Å². The lowest BCUT2D eigenvalue weighted by Crippen LogP contribution is -2.26. The van der Waals surface area contributed by atoms with Crippen molar-refractivity contribution in [3.63, 3.8) is 0 Å². The molecule has 0 saturated heterocycles. The fourth-order valence-electron chi connectivity index (χ4n) is 9.22. The predicted octanol–water partition coefficient (Wildman–Crippen LogP) is 13.4. The van der Waals surface area contributed by atoms with Gasteiger partial charge in [0.1, 0.15) is 0 Å². The molecule has 2 aliphatic rings. The van der Waals surface area contributed by atoms with E-state index in [0.29, 0.717) is 0 Å². The van der Waals surface area contributed by atoms with Crippen molar-refractivity contribution in [3.8, 4) is 27.9 Å². The zero-order valence-corrected chi connectivity index (χ0v) is 29.8. The van der Waals surface area contributed by atoms with Crippen molar-refractivity contribution >= 4 is 54.8 Å². The van der Waals surface area contributed by atoms with Crippen LogP contribution in [0.3, 0.4) is 0 Å². The molecule has 1 spiro atoms. The van der Waals surface area contributed by atoms with Crippen molar-refractivity contribution in [1.29, 1.82) is 0 Å². The monoisotopic (exact) mass is 726 g/mol. The fraction of sp³-hybridized carbons (Fsp3) is 0.0204. The van der Waals surface area contributed by atoms with Crippen molar-refractivity contribution in [2.45, 2.75) is 5.41 Å². The molecule has 1 atom stereocenters. The fourth-order valence-corrected chi connectivity index (χ4v) is 9.58. The molecule has 244 valence electrons. The van der Waals surface area contributed by atoms with Gasteiger partial charge in [0, 0.05) is 38.0 Å². The van der Waals surface area contributed by atoms with E-state index in [-0.39, 0.29) is 0 Å². The summed E-state index contributed by atoms with van der Waals surface area (Å²) in [7, 11) is 0. The summed E-state index contributed by atoms with van der Waals surface area (Å²) in [5.74, 6) is 0. The van der Waals surface area contributed by atoms with E-state index in [9.17, 15) is 0 Å². The first-order valence-corrected chi connectivity index (χ1v) is 18.6. The summed E-state index contributed by atoms with van der Waals surface area (Å²) in [6, 6.07) is 69.1. The van der Waals surface area contributed by atoms with Crippen molar-refractivity contribution in [2.75, 3.05) is 4.90 Å². The molecule has 0 fully saturated rings. The number of hydrogen-bond acceptors (Lipinski definition) is 1. The van der Waals surface area contributed by atoms with Gasteiger partial charge in [-0.05, 0) is 111 Å². The molecule has 9 aromatic rings. The molecule has 11 rings (SSSR count). The third-order valence-electron chi connectivity index (χ3n) is 11.2. The summed E-state index contributed by atoms with van der Waals surface area (Å²) in [5, 5.41) is 2.49. The van der Waals surface area contributed by atoms with E-state index < -0.39 is 5.41 Å². The van der Waals surface area contributed by atoms with Crippen LogP contribution in [-0.2, 0) is 5.41 Å². The Kier molecular flexibility index (Phi) is 6.35. The van der Waals surface area contributed by atoms with Crippen LogP contribution in [-0.4, -0.2) is 4.57 Å². The van der Waals surface area contributed by atoms with Gasteiger partial charge in [0.25, 0.3) is 0 Å². The van der Waals surface area contributed by atoms with Gasteiger partial charge in [0.05, 0.1) is 16.4 Å². The average molecular weight is 728 g/mol. The highest BCUT2D eigenvalue weighted by Gasteiger charge is 2.51. The Morgan fingerprint density at radius 1 is 0.385 bits per heavy atom. The van der Waals surface area contributed by atoms with Crippen molar-refractivity contribution in [1.82, 2.24) is 4.57 Å². The molecule has 2 nitrogen and oxygen atoms in total. The van der Waals surface area contributed by atoms with Crippen LogP contribution in [0.5, 0.6) is 0 Å². The van der Waals surface area contributed by atoms with Crippen molar-refractivity contribution in [2.24, 2.45) is 0 Å². The maximum absolute atomic E-state index is 3.86. The molecule has 0 saturated carbocycles. The van der Waals surface area contributed by atoms with Gasteiger partial charge in [-0.1, -0.05) is 137 Å². The maximum Gasteiger partial charge on any atom is 0.0726 e. The van der Waals surface area contributed by atoms with Gasteiger partial charge in [-0.3, -0.25) is 0 Å². The van der Waals surface area contributed by atoms with E-state index in [0.717, 1.165) is 27.2 Å². The van der Waals surface area contributed by atoms with Crippen molar-refractivity contribution in [3.05, 3.63) is 215 Å². The first kappa shape index (κ1) is 29.6. The largest absolute Gasteiger partial charge is 0.310 e. The Labute approximate surface area is 311 Å². The molecule has 3 heteroatoms. The predicted molar refractivity (Wildman–Crippen MR) is 219 cm³/mol. The number of nitrogens with zero attached hydrogens (tertiary/aromatic N) is 2. The highest BCUT2D eigenvalue weighted by Crippen LogP contribution is 2.63. The minimum Gasteiger partial charge on any atom is -0.310 e. The van der Waals surface area contributed by atoms with Crippen LogP contribution in [0, 0.1) is 0 Å². The van der Waals surface area contributed by atoms with E-state index in [2.05, 4.69) is 213 Å². The van der Waals surface area contributed by atoms with Gasteiger partial charge in [-0.25, -0.2) is 0 Å². The van der Waals surface area contributed by atoms with Gasteiger partial charge in [-0.15, -0.1) is 0 Å².